The molecule has 0 unspecified atom stereocenters. The van der Waals surface area contributed by atoms with E-state index in [4.69, 9.17) is 5.11 Å². The molecule has 0 aliphatic carbocycles. The van der Waals surface area contributed by atoms with Crippen LogP contribution in [0.4, 0.5) is 0 Å². The van der Waals surface area contributed by atoms with Gasteiger partial charge in [-0.05, 0) is 0 Å². The van der Waals surface area contributed by atoms with Crippen LogP contribution in [0.25, 0.3) is 0 Å². The van der Waals surface area contributed by atoms with Gasteiger partial charge < -0.3 is 0 Å². The molecule has 0 atom stereocenters. The number of aliphatic hydroxyl groups is 1. The third-order valence-corrected chi connectivity index (χ3v) is 16.8. The number of hydrogen-bond donors (Lipinski definition) is 1. The quantitative estimate of drug-likeness (QED) is 0.466. The first-order valence-corrected chi connectivity index (χ1v) is 15.7. The molecule has 0 aromatic rings. The molecule has 1 nitrogen and oxygen atoms in total. The molecule has 0 heterocycles. The van der Waals surface area contributed by atoms with E-state index in [1.807, 2.05) is 0 Å². The zero-order valence-corrected chi connectivity index (χ0v) is 13.9. The summed E-state index contributed by atoms with van der Waals surface area (Å²) < 4.78 is 4.67. The molecule has 0 saturated heterocycles. The fourth-order valence-corrected chi connectivity index (χ4v) is 14.4. The Balaban J connectivity index is 3.89. The first-order valence-electron chi connectivity index (χ1n) is 6.79. The molecule has 15 heavy (non-hydrogen) atoms. The number of aliphatic hydroxyl groups excluding tert-OH is 1. The summed E-state index contributed by atoms with van der Waals surface area (Å²) in [6.45, 7) is 5.00. The Bertz CT molecular complexity index is 128. The van der Waals surface area contributed by atoms with Gasteiger partial charge in [-0.1, -0.05) is 0 Å². The van der Waals surface area contributed by atoms with E-state index in [0.29, 0.717) is 6.61 Å². The van der Waals surface area contributed by atoms with Crippen LogP contribution in [0.3, 0.4) is 0 Å². The molecule has 1 N–H and O–H groups in total. The van der Waals surface area contributed by atoms with Gasteiger partial charge in [-0.25, -0.2) is 0 Å². The fraction of sp³-hybridized carbons (Fsp3) is 1.00. The van der Waals surface area contributed by atoms with E-state index in [9.17, 15) is 0 Å². The van der Waals surface area contributed by atoms with Crippen molar-refractivity contribution in [1.29, 1.82) is 0 Å². The van der Waals surface area contributed by atoms with Crippen LogP contribution in [0.2, 0.25) is 18.2 Å². The van der Waals surface area contributed by atoms with E-state index < -0.39 is 18.4 Å². The van der Waals surface area contributed by atoms with Crippen molar-refractivity contribution in [3.63, 3.8) is 0 Å². The maximum atomic E-state index is 8.84. The van der Waals surface area contributed by atoms with E-state index in [1.165, 1.54) is 36.5 Å². The van der Waals surface area contributed by atoms with Crippen molar-refractivity contribution in [3.8, 4) is 0 Å². The van der Waals surface area contributed by atoms with Crippen molar-refractivity contribution < 1.29 is 5.11 Å². The van der Waals surface area contributed by atoms with E-state index >= 15 is 0 Å². The molecule has 0 bridgehead atoms. The van der Waals surface area contributed by atoms with Gasteiger partial charge >= 0.3 is 101 Å². The van der Waals surface area contributed by atoms with Crippen LogP contribution in [0.5, 0.6) is 0 Å². The molecule has 2 heteroatoms. The van der Waals surface area contributed by atoms with Crippen LogP contribution in [0, 0.1) is 0 Å². The Labute approximate surface area is 101 Å². The summed E-state index contributed by atoms with van der Waals surface area (Å²) in [4.78, 5) is 2.65. The van der Waals surface area contributed by atoms with Crippen molar-refractivity contribution >= 4 is 18.4 Å². The fourth-order valence-electron chi connectivity index (χ4n) is 2.25. The predicted molar refractivity (Wildman–Crippen MR) is 72.2 cm³/mol. The monoisotopic (exact) mass is 322 g/mol. The third-order valence-electron chi connectivity index (χ3n) is 3.46. The molecular weight excluding hydrogens is 291 g/mol. The second-order valence-corrected chi connectivity index (χ2v) is 19.8. The second-order valence-electron chi connectivity index (χ2n) is 5.20. The van der Waals surface area contributed by atoms with Gasteiger partial charge in [0.25, 0.3) is 0 Å². The van der Waals surface area contributed by atoms with Crippen molar-refractivity contribution in [2.45, 2.75) is 70.6 Å². The van der Waals surface area contributed by atoms with Gasteiger partial charge in [0.05, 0.1) is 0 Å². The standard InChI is InChI=1S/C4H9O.2C4H9.CH3.Sn/c1-2-3-4-5;2*1-3-4-2;;/h5H,1-4H2;2*1,3-4H2,2H3;1H3;. The topological polar surface area (TPSA) is 20.2 Å². The van der Waals surface area contributed by atoms with Gasteiger partial charge in [0, 0.05) is 0 Å². The normalized spacial score (nSPS) is 12.0. The summed E-state index contributed by atoms with van der Waals surface area (Å²) in [5.74, 6) is 0. The van der Waals surface area contributed by atoms with Gasteiger partial charge in [0.15, 0.2) is 0 Å². The first-order chi connectivity index (χ1) is 7.18. The number of unbranched alkanes of at least 4 members (excludes halogenated alkanes) is 3. The molecule has 0 aromatic carbocycles. The third kappa shape index (κ3) is 8.55. The summed E-state index contributed by atoms with van der Waals surface area (Å²) in [6.07, 6.45) is 7.95. The average Bonchev–Trinajstić information content (AvgIpc) is 2.24. The Hall–Kier alpha value is 0.759. The van der Waals surface area contributed by atoms with Crippen molar-refractivity contribution in [3.05, 3.63) is 0 Å². The molecule has 0 radical (unpaired) electrons. The zero-order valence-electron chi connectivity index (χ0n) is 11.0. The van der Waals surface area contributed by atoms with Crippen molar-refractivity contribution in [1.82, 2.24) is 0 Å². The SMILES string of the molecule is CCC[CH2][Sn]([CH3])([CH2]CCC)[CH2]CCCO. The van der Waals surface area contributed by atoms with Crippen molar-refractivity contribution in [2.24, 2.45) is 0 Å². The van der Waals surface area contributed by atoms with E-state index in [1.54, 1.807) is 8.87 Å². The van der Waals surface area contributed by atoms with Gasteiger partial charge in [-0.15, -0.1) is 0 Å². The molecule has 0 aromatic heterocycles. The Morgan fingerprint density at radius 2 is 1.27 bits per heavy atom. The maximum absolute atomic E-state index is 8.84. The minimum atomic E-state index is -1.70. The molecule has 0 spiro atoms. The number of hydrogen-bond acceptors (Lipinski definition) is 1. The molecule has 0 aliphatic rings. The summed E-state index contributed by atoms with van der Waals surface area (Å²) >= 11 is -1.70. The molecule has 0 amide bonds. The van der Waals surface area contributed by atoms with Crippen LogP contribution < -0.4 is 0 Å². The molecule has 0 saturated carbocycles. The van der Waals surface area contributed by atoms with Gasteiger partial charge in [0.2, 0.25) is 0 Å². The molecular formula is C13H30OSn. The molecule has 92 valence electrons. The first kappa shape index (κ1) is 15.8. The minimum absolute atomic E-state index is 0.392. The van der Waals surface area contributed by atoms with E-state index in [2.05, 4.69) is 18.8 Å². The zero-order chi connectivity index (χ0) is 11.6. The van der Waals surface area contributed by atoms with Crippen LogP contribution in [0.15, 0.2) is 0 Å². The Morgan fingerprint density at radius 3 is 1.67 bits per heavy atom. The molecule has 0 aliphatic heterocycles. The average molecular weight is 321 g/mol. The molecule has 0 fully saturated rings. The van der Waals surface area contributed by atoms with Crippen LogP contribution in [-0.2, 0) is 0 Å². The van der Waals surface area contributed by atoms with Crippen LogP contribution >= 0.6 is 0 Å². The van der Waals surface area contributed by atoms with Crippen LogP contribution in [0.1, 0.15) is 52.4 Å². The Kier molecular flexibility index (Phi) is 10.5. The second kappa shape index (κ2) is 9.95. The van der Waals surface area contributed by atoms with Gasteiger partial charge in [-0.2, -0.15) is 0 Å². The van der Waals surface area contributed by atoms with Crippen LogP contribution in [-0.4, -0.2) is 30.1 Å². The van der Waals surface area contributed by atoms with Gasteiger partial charge in [0.1, 0.15) is 0 Å². The Morgan fingerprint density at radius 1 is 0.800 bits per heavy atom. The summed E-state index contributed by atoms with van der Waals surface area (Å²) in [7, 11) is 0. The number of rotatable bonds is 10. The summed E-state index contributed by atoms with van der Waals surface area (Å²) in [6, 6.07) is 0. The summed E-state index contributed by atoms with van der Waals surface area (Å²) in [5, 5.41) is 8.84. The van der Waals surface area contributed by atoms with Crippen molar-refractivity contribution in [2.75, 3.05) is 6.61 Å². The van der Waals surface area contributed by atoms with E-state index in [-0.39, 0.29) is 0 Å². The summed E-state index contributed by atoms with van der Waals surface area (Å²) in [5.41, 5.74) is 0. The van der Waals surface area contributed by atoms with E-state index in [0.717, 1.165) is 6.42 Å². The van der Waals surface area contributed by atoms with Gasteiger partial charge in [-0.3, -0.25) is 0 Å². The predicted octanol–water partition coefficient (Wildman–Crippen LogP) is 4.44. The molecule has 0 rings (SSSR count).